The normalized spacial score (nSPS) is 13.1. The average Bonchev–Trinajstić information content (AvgIpc) is 3.57. The Morgan fingerprint density at radius 3 is 2.25 bits per heavy atom. The van der Waals surface area contributed by atoms with E-state index in [2.05, 4.69) is 5.32 Å². The fraction of sp³-hybridized carbons (Fsp3) is 0.161. The lowest BCUT2D eigenvalue weighted by molar-refractivity contribution is -0.138. The Balaban J connectivity index is 1.48. The zero-order valence-electron chi connectivity index (χ0n) is 22.1. The number of ketones is 1. The van der Waals surface area contributed by atoms with Crippen molar-refractivity contribution in [2.75, 3.05) is 35.8 Å². The molecular weight excluding hydrogens is 524 g/mol. The Labute approximate surface area is 236 Å². The Bertz CT molecular complexity index is 1540. The van der Waals surface area contributed by atoms with Crippen LogP contribution in [0.1, 0.15) is 26.8 Å². The van der Waals surface area contributed by atoms with Crippen molar-refractivity contribution in [1.82, 2.24) is 4.90 Å². The Kier molecular flexibility index (Phi) is 7.75. The Morgan fingerprint density at radius 2 is 1.57 bits per heavy atom. The van der Waals surface area contributed by atoms with Crippen LogP contribution in [-0.4, -0.2) is 49.0 Å². The maximum atomic E-state index is 14.0. The molecule has 8 nitrogen and oxygen atoms in total. The highest BCUT2D eigenvalue weighted by Crippen LogP contribution is 2.32. The van der Waals surface area contributed by atoms with E-state index in [0.29, 0.717) is 16.3 Å². The van der Waals surface area contributed by atoms with Crippen LogP contribution in [0.25, 0.3) is 0 Å². The molecule has 1 N–H and O–H groups in total. The van der Waals surface area contributed by atoms with Gasteiger partial charge in [-0.2, -0.15) is 0 Å². The molecule has 0 saturated heterocycles. The molecule has 202 valence electrons. The third-order valence-electron chi connectivity index (χ3n) is 6.71. The third kappa shape index (κ3) is 5.50. The van der Waals surface area contributed by atoms with E-state index in [-0.39, 0.29) is 24.6 Å². The van der Waals surface area contributed by atoms with Gasteiger partial charge in [0.15, 0.2) is 0 Å². The molecule has 1 atom stereocenters. The minimum absolute atomic E-state index is 0.132. The smallest absolute Gasteiger partial charge is 0.299 e. The van der Waals surface area contributed by atoms with Crippen LogP contribution in [0.5, 0.6) is 0 Å². The molecule has 2 heterocycles. The van der Waals surface area contributed by atoms with Gasteiger partial charge in [0.05, 0.1) is 11.3 Å². The minimum atomic E-state index is -0.968. The van der Waals surface area contributed by atoms with Gasteiger partial charge < -0.3 is 15.1 Å². The van der Waals surface area contributed by atoms with Crippen LogP contribution in [0.15, 0.2) is 96.4 Å². The van der Waals surface area contributed by atoms with Crippen LogP contribution in [0.4, 0.5) is 17.1 Å². The number of Topliss-reactive ketones (excluding diaryl/α,β-unsaturated/α-hetero) is 1. The van der Waals surface area contributed by atoms with E-state index in [0.717, 1.165) is 11.3 Å². The highest BCUT2D eigenvalue weighted by Gasteiger charge is 2.39. The highest BCUT2D eigenvalue weighted by molar-refractivity contribution is 7.10. The number of amides is 3. The molecule has 3 amide bonds. The molecule has 0 aliphatic carbocycles. The summed E-state index contributed by atoms with van der Waals surface area (Å²) in [7, 11) is 3.87. The van der Waals surface area contributed by atoms with Crippen molar-refractivity contribution in [3.05, 3.63) is 112 Å². The summed E-state index contributed by atoms with van der Waals surface area (Å²) in [5.74, 6) is -2.24. The number of thiophene rings is 1. The number of fused-ring (bicyclic) bond motifs is 1. The van der Waals surface area contributed by atoms with Crippen molar-refractivity contribution in [2.45, 2.75) is 12.6 Å². The number of benzene rings is 3. The molecule has 0 unspecified atom stereocenters. The van der Waals surface area contributed by atoms with Crippen LogP contribution in [0.3, 0.4) is 0 Å². The fourth-order valence-electron chi connectivity index (χ4n) is 4.66. The molecule has 9 heteroatoms. The molecular formula is C31H28N4O4S. The van der Waals surface area contributed by atoms with Gasteiger partial charge in [-0.3, -0.25) is 24.1 Å². The Hall–Kier alpha value is -4.76. The van der Waals surface area contributed by atoms with Crippen LogP contribution >= 0.6 is 11.3 Å². The van der Waals surface area contributed by atoms with E-state index in [9.17, 15) is 19.2 Å². The van der Waals surface area contributed by atoms with Crippen LogP contribution < -0.4 is 15.1 Å². The molecule has 0 spiro atoms. The summed E-state index contributed by atoms with van der Waals surface area (Å²) < 4.78 is 0. The van der Waals surface area contributed by atoms with Gasteiger partial charge in [-0.1, -0.05) is 48.5 Å². The molecule has 0 bridgehead atoms. The van der Waals surface area contributed by atoms with Crippen molar-refractivity contribution in [1.29, 1.82) is 0 Å². The van der Waals surface area contributed by atoms with Crippen molar-refractivity contribution >= 4 is 51.9 Å². The molecule has 0 saturated carbocycles. The summed E-state index contributed by atoms with van der Waals surface area (Å²) in [4.78, 5) is 58.6. The monoisotopic (exact) mass is 552 g/mol. The van der Waals surface area contributed by atoms with E-state index >= 15 is 0 Å². The topological polar surface area (TPSA) is 90.0 Å². The second-order valence-corrected chi connectivity index (χ2v) is 10.6. The molecule has 5 rings (SSSR count). The maximum Gasteiger partial charge on any atom is 0.299 e. The molecule has 40 heavy (non-hydrogen) atoms. The van der Waals surface area contributed by atoms with E-state index in [4.69, 9.17) is 0 Å². The van der Waals surface area contributed by atoms with Crippen molar-refractivity contribution in [3.8, 4) is 0 Å². The Morgan fingerprint density at radius 1 is 0.875 bits per heavy atom. The summed E-state index contributed by atoms with van der Waals surface area (Å²) >= 11 is 1.37. The van der Waals surface area contributed by atoms with Gasteiger partial charge in [0, 0.05) is 36.9 Å². The number of nitrogens with zero attached hydrogens (tertiary/aromatic N) is 3. The van der Waals surface area contributed by atoms with E-state index in [1.807, 2.05) is 91.1 Å². The fourth-order valence-corrected chi connectivity index (χ4v) is 5.49. The second-order valence-electron chi connectivity index (χ2n) is 9.59. The standard InChI is InChI=1S/C31H28N4O4S/c1-33(2)23-16-14-22(15-17-23)32-30(38)28(26-13-8-18-40-26)35(19-21-9-4-3-5-10-21)27(36)20-34-25-12-7-6-11-24(25)29(37)31(34)39/h3-18,28H,19-20H2,1-2H3,(H,32,38)/t28-/m1/s1. The van der Waals surface area contributed by atoms with Gasteiger partial charge in [0.2, 0.25) is 5.91 Å². The van der Waals surface area contributed by atoms with Crippen molar-refractivity contribution < 1.29 is 19.2 Å². The largest absolute Gasteiger partial charge is 0.378 e. The van der Waals surface area contributed by atoms with Gasteiger partial charge in [-0.15, -0.1) is 11.3 Å². The lowest BCUT2D eigenvalue weighted by Gasteiger charge is -2.32. The predicted octanol–water partition coefficient (Wildman–Crippen LogP) is 4.75. The molecule has 4 aromatic rings. The van der Waals surface area contributed by atoms with Gasteiger partial charge in [0.1, 0.15) is 12.6 Å². The first-order chi connectivity index (χ1) is 19.3. The van der Waals surface area contributed by atoms with Crippen molar-refractivity contribution in [3.63, 3.8) is 0 Å². The number of hydrogen-bond donors (Lipinski definition) is 1. The van der Waals surface area contributed by atoms with E-state index in [1.165, 1.54) is 21.1 Å². The van der Waals surface area contributed by atoms with Gasteiger partial charge in [0.25, 0.3) is 17.6 Å². The summed E-state index contributed by atoms with van der Waals surface area (Å²) in [6, 6.07) is 26.1. The summed E-state index contributed by atoms with van der Waals surface area (Å²) in [6.45, 7) is -0.242. The zero-order chi connectivity index (χ0) is 28.2. The maximum absolute atomic E-state index is 14.0. The van der Waals surface area contributed by atoms with Gasteiger partial charge in [-0.25, -0.2) is 0 Å². The number of nitrogens with one attached hydrogen (secondary N) is 1. The second kappa shape index (κ2) is 11.5. The average molecular weight is 553 g/mol. The van der Waals surface area contributed by atoms with Crippen molar-refractivity contribution in [2.24, 2.45) is 0 Å². The lowest BCUT2D eigenvalue weighted by Crippen LogP contribution is -2.46. The lowest BCUT2D eigenvalue weighted by atomic mass is 10.1. The van der Waals surface area contributed by atoms with Crippen LogP contribution in [0.2, 0.25) is 0 Å². The molecule has 3 aromatic carbocycles. The highest BCUT2D eigenvalue weighted by atomic mass is 32.1. The van der Waals surface area contributed by atoms with Gasteiger partial charge in [-0.05, 0) is 53.4 Å². The molecule has 1 aliphatic heterocycles. The molecule has 0 radical (unpaired) electrons. The first kappa shape index (κ1) is 26.8. The van der Waals surface area contributed by atoms with E-state index in [1.54, 1.807) is 24.3 Å². The molecule has 1 aliphatic rings. The number of carbonyl (C=O) groups is 4. The number of anilines is 3. The number of carbonyl (C=O) groups excluding carboxylic acids is 4. The van der Waals surface area contributed by atoms with Crippen LogP contribution in [-0.2, 0) is 20.9 Å². The predicted molar refractivity (Wildman–Crippen MR) is 157 cm³/mol. The molecule has 0 fully saturated rings. The minimum Gasteiger partial charge on any atom is -0.378 e. The summed E-state index contributed by atoms with van der Waals surface area (Å²) in [6.07, 6.45) is 0. The first-order valence-electron chi connectivity index (χ1n) is 12.7. The van der Waals surface area contributed by atoms with Gasteiger partial charge >= 0.3 is 0 Å². The number of para-hydroxylation sites is 1. The summed E-state index contributed by atoms with van der Waals surface area (Å²) in [5.41, 5.74) is 3.06. The summed E-state index contributed by atoms with van der Waals surface area (Å²) in [5, 5.41) is 4.82. The molecule has 1 aromatic heterocycles. The van der Waals surface area contributed by atoms with Crippen LogP contribution in [0, 0.1) is 0 Å². The third-order valence-corrected chi connectivity index (χ3v) is 7.64. The van der Waals surface area contributed by atoms with E-state index < -0.39 is 23.6 Å². The zero-order valence-corrected chi connectivity index (χ0v) is 22.9. The number of rotatable bonds is 9. The first-order valence-corrected chi connectivity index (χ1v) is 13.6. The SMILES string of the molecule is CN(C)c1ccc(NC(=O)[C@@H](c2cccs2)N(Cc2ccccc2)C(=O)CN2C(=O)C(=O)c3ccccc32)cc1. The quantitative estimate of drug-likeness (QED) is 0.303. The number of hydrogen-bond acceptors (Lipinski definition) is 6.